The Labute approximate surface area is 142 Å². The molecule has 0 saturated heterocycles. The highest BCUT2D eigenvalue weighted by molar-refractivity contribution is 6.09. The molecule has 1 atom stereocenters. The van der Waals surface area contributed by atoms with Gasteiger partial charge in [0, 0.05) is 22.9 Å². The quantitative estimate of drug-likeness (QED) is 0.570. The Morgan fingerprint density at radius 3 is 2.79 bits per heavy atom. The third kappa shape index (κ3) is 2.35. The van der Waals surface area contributed by atoms with Gasteiger partial charge in [-0.1, -0.05) is 56.0 Å². The lowest BCUT2D eigenvalue weighted by atomic mass is 9.89. The van der Waals surface area contributed by atoms with Gasteiger partial charge < -0.3 is 9.73 Å². The highest BCUT2D eigenvalue weighted by Crippen LogP contribution is 2.38. The van der Waals surface area contributed by atoms with Crippen molar-refractivity contribution < 1.29 is 4.42 Å². The second kappa shape index (κ2) is 5.72. The number of rotatable bonds is 0. The highest BCUT2D eigenvalue weighted by atomic mass is 16.3. The Bertz CT molecular complexity index is 1000. The normalized spacial score (nSPS) is 21.8. The van der Waals surface area contributed by atoms with E-state index in [1.165, 1.54) is 11.1 Å². The SMILES string of the molecule is C=C1/C=C\C(C)=C/NC[C@H](C)c2ccc3c(oc4ccccc43)c21. The lowest BCUT2D eigenvalue weighted by Crippen LogP contribution is -2.16. The summed E-state index contributed by atoms with van der Waals surface area (Å²) >= 11 is 0. The van der Waals surface area contributed by atoms with Crippen LogP contribution in [0.5, 0.6) is 0 Å². The van der Waals surface area contributed by atoms with Crippen LogP contribution >= 0.6 is 0 Å². The first kappa shape index (κ1) is 14.8. The summed E-state index contributed by atoms with van der Waals surface area (Å²) in [7, 11) is 0. The van der Waals surface area contributed by atoms with E-state index < -0.39 is 0 Å². The zero-order chi connectivity index (χ0) is 16.7. The molecule has 3 aromatic rings. The number of nitrogens with one attached hydrogen (secondary N) is 1. The molecule has 2 heterocycles. The van der Waals surface area contributed by atoms with Gasteiger partial charge in [0.15, 0.2) is 0 Å². The van der Waals surface area contributed by atoms with Gasteiger partial charge in [0.05, 0.1) is 0 Å². The molecular formula is C22H21NO. The fourth-order valence-corrected chi connectivity index (χ4v) is 3.42. The van der Waals surface area contributed by atoms with Gasteiger partial charge in [0.2, 0.25) is 0 Å². The van der Waals surface area contributed by atoms with Gasteiger partial charge in [0.1, 0.15) is 11.2 Å². The first-order valence-corrected chi connectivity index (χ1v) is 8.37. The van der Waals surface area contributed by atoms with Crippen LogP contribution in [0, 0.1) is 0 Å². The molecule has 0 amide bonds. The van der Waals surface area contributed by atoms with Crippen LogP contribution in [0.1, 0.15) is 30.9 Å². The topological polar surface area (TPSA) is 25.2 Å². The second-order valence-electron chi connectivity index (χ2n) is 6.56. The summed E-state index contributed by atoms with van der Waals surface area (Å²) in [5, 5.41) is 5.73. The molecular weight excluding hydrogens is 294 g/mol. The Morgan fingerprint density at radius 1 is 1.08 bits per heavy atom. The smallest absolute Gasteiger partial charge is 0.143 e. The molecule has 0 saturated carbocycles. The zero-order valence-electron chi connectivity index (χ0n) is 14.1. The van der Waals surface area contributed by atoms with E-state index in [1.807, 2.05) is 12.1 Å². The Hall–Kier alpha value is -2.74. The number of benzene rings is 2. The molecule has 0 fully saturated rings. The number of hydrogen-bond acceptors (Lipinski definition) is 2. The molecule has 1 aliphatic heterocycles. The van der Waals surface area contributed by atoms with Crippen LogP contribution in [-0.4, -0.2) is 6.54 Å². The summed E-state index contributed by atoms with van der Waals surface area (Å²) in [5.41, 5.74) is 6.45. The van der Waals surface area contributed by atoms with Crippen molar-refractivity contribution in [3.8, 4) is 0 Å². The van der Waals surface area contributed by atoms with Crippen molar-refractivity contribution in [2.75, 3.05) is 6.54 Å². The third-order valence-electron chi connectivity index (χ3n) is 4.73. The first-order chi connectivity index (χ1) is 11.6. The number of fused-ring (bicyclic) bond motifs is 5. The minimum Gasteiger partial charge on any atom is -0.455 e. The Balaban J connectivity index is 2.04. The van der Waals surface area contributed by atoms with Gasteiger partial charge >= 0.3 is 0 Å². The van der Waals surface area contributed by atoms with Crippen molar-refractivity contribution >= 4 is 27.5 Å². The fraction of sp³-hybridized carbons (Fsp3) is 0.182. The van der Waals surface area contributed by atoms with Gasteiger partial charge in [-0.3, -0.25) is 0 Å². The summed E-state index contributed by atoms with van der Waals surface area (Å²) in [4.78, 5) is 0. The van der Waals surface area contributed by atoms with Gasteiger partial charge in [-0.15, -0.1) is 0 Å². The molecule has 0 aliphatic carbocycles. The van der Waals surface area contributed by atoms with Crippen molar-refractivity contribution in [3.05, 3.63) is 78.0 Å². The van der Waals surface area contributed by atoms with Crippen molar-refractivity contribution in [1.82, 2.24) is 5.32 Å². The van der Waals surface area contributed by atoms with Gasteiger partial charge in [-0.2, -0.15) is 0 Å². The van der Waals surface area contributed by atoms with Crippen molar-refractivity contribution in [3.63, 3.8) is 0 Å². The molecule has 24 heavy (non-hydrogen) atoms. The number of furan rings is 1. The first-order valence-electron chi connectivity index (χ1n) is 8.37. The zero-order valence-corrected chi connectivity index (χ0v) is 14.1. The van der Waals surface area contributed by atoms with E-state index in [4.69, 9.17) is 4.42 Å². The molecule has 0 radical (unpaired) electrons. The van der Waals surface area contributed by atoms with Gasteiger partial charge in [0.25, 0.3) is 0 Å². The second-order valence-corrected chi connectivity index (χ2v) is 6.56. The average molecular weight is 315 g/mol. The Morgan fingerprint density at radius 2 is 1.92 bits per heavy atom. The maximum absolute atomic E-state index is 6.24. The number of para-hydroxylation sites is 1. The summed E-state index contributed by atoms with van der Waals surface area (Å²) in [6, 6.07) is 12.6. The molecule has 0 unspecified atom stereocenters. The maximum atomic E-state index is 6.24. The molecule has 2 heteroatoms. The highest BCUT2D eigenvalue weighted by Gasteiger charge is 2.19. The van der Waals surface area contributed by atoms with E-state index in [-0.39, 0.29) is 0 Å². The van der Waals surface area contributed by atoms with Crippen molar-refractivity contribution in [2.45, 2.75) is 19.8 Å². The van der Waals surface area contributed by atoms with Gasteiger partial charge in [-0.25, -0.2) is 0 Å². The van der Waals surface area contributed by atoms with Crippen LogP contribution in [0.3, 0.4) is 0 Å². The largest absolute Gasteiger partial charge is 0.455 e. The monoisotopic (exact) mass is 315 g/mol. The molecule has 1 N–H and O–H groups in total. The molecule has 2 nitrogen and oxygen atoms in total. The molecule has 1 aromatic heterocycles. The standard InChI is InChI=1S/C22H21NO/c1-14-8-9-15(2)21-17(16(3)13-23-12-14)10-11-19-18-6-4-5-7-20(18)24-22(19)21/h4-12,16,23H,2,13H2,1,3H3/b9-8-,14-12-/t16-/m0/s1. The van der Waals surface area contributed by atoms with E-state index in [9.17, 15) is 0 Å². The van der Waals surface area contributed by atoms with Crippen LogP contribution in [-0.2, 0) is 0 Å². The fourth-order valence-electron chi connectivity index (χ4n) is 3.42. The molecule has 1 aliphatic rings. The van der Waals surface area contributed by atoms with Crippen LogP contribution in [0.2, 0.25) is 0 Å². The predicted molar refractivity (Wildman–Crippen MR) is 102 cm³/mol. The van der Waals surface area contributed by atoms with E-state index in [1.54, 1.807) is 0 Å². The van der Waals surface area contributed by atoms with E-state index in [2.05, 4.69) is 68.4 Å². The molecule has 0 spiro atoms. The van der Waals surface area contributed by atoms with Crippen LogP contribution < -0.4 is 5.32 Å². The lowest BCUT2D eigenvalue weighted by Gasteiger charge is -2.18. The van der Waals surface area contributed by atoms with Crippen molar-refractivity contribution in [2.24, 2.45) is 0 Å². The predicted octanol–water partition coefficient (Wildman–Crippen LogP) is 5.77. The summed E-state index contributed by atoms with van der Waals surface area (Å²) in [6.45, 7) is 9.54. The Kier molecular flexibility index (Phi) is 3.53. The molecule has 2 aromatic carbocycles. The average Bonchev–Trinajstić information content (AvgIpc) is 2.96. The molecule has 4 rings (SSSR count). The molecule has 0 bridgehead atoms. The summed E-state index contributed by atoms with van der Waals surface area (Å²) < 4.78 is 6.24. The van der Waals surface area contributed by atoms with Crippen molar-refractivity contribution in [1.29, 1.82) is 0 Å². The summed E-state index contributed by atoms with van der Waals surface area (Å²) in [5.74, 6) is 0.366. The van der Waals surface area contributed by atoms with E-state index in [0.29, 0.717) is 5.92 Å². The minimum absolute atomic E-state index is 0.366. The maximum Gasteiger partial charge on any atom is 0.143 e. The number of allylic oxidation sites excluding steroid dienone is 4. The molecule has 120 valence electrons. The third-order valence-corrected chi connectivity index (χ3v) is 4.73. The summed E-state index contributed by atoms with van der Waals surface area (Å²) in [6.07, 6.45) is 6.23. The lowest BCUT2D eigenvalue weighted by molar-refractivity contribution is 0.660. The van der Waals surface area contributed by atoms with Crippen LogP contribution in [0.25, 0.3) is 27.5 Å². The van der Waals surface area contributed by atoms with Crippen LogP contribution in [0.4, 0.5) is 0 Å². The van der Waals surface area contributed by atoms with Crippen LogP contribution in [0.15, 0.2) is 71.3 Å². The number of hydrogen-bond donors (Lipinski definition) is 1. The van der Waals surface area contributed by atoms with E-state index in [0.717, 1.165) is 39.6 Å². The van der Waals surface area contributed by atoms with Gasteiger partial charge in [-0.05, 0) is 41.8 Å². The van der Waals surface area contributed by atoms with E-state index >= 15 is 0 Å². The minimum atomic E-state index is 0.366.